The summed E-state index contributed by atoms with van der Waals surface area (Å²) in [4.78, 5) is 32.1. The van der Waals surface area contributed by atoms with Gasteiger partial charge >= 0.3 is 0 Å². The van der Waals surface area contributed by atoms with Crippen LogP contribution >= 0.6 is 11.3 Å². The Bertz CT molecular complexity index is 920. The number of hydrogen-bond acceptors (Lipinski definition) is 5. The Morgan fingerprint density at radius 2 is 2.03 bits per heavy atom. The Kier molecular flexibility index (Phi) is 6.57. The molecule has 0 radical (unpaired) electrons. The lowest BCUT2D eigenvalue weighted by molar-refractivity contribution is -0.132. The zero-order valence-electron chi connectivity index (χ0n) is 17.8. The number of amides is 2. The van der Waals surface area contributed by atoms with Crippen LogP contribution < -0.4 is 10.1 Å². The van der Waals surface area contributed by atoms with Crippen molar-refractivity contribution in [1.29, 1.82) is 0 Å². The molecule has 0 fully saturated rings. The van der Waals surface area contributed by atoms with Crippen LogP contribution in [0, 0.1) is 26.7 Å². The second-order valence-corrected chi connectivity index (χ2v) is 9.18. The van der Waals surface area contributed by atoms with Gasteiger partial charge in [-0.15, -0.1) is 0 Å². The van der Waals surface area contributed by atoms with Crippen molar-refractivity contribution in [3.8, 4) is 5.75 Å². The average molecular weight is 416 g/mol. The van der Waals surface area contributed by atoms with Crippen molar-refractivity contribution >= 4 is 28.3 Å². The quantitative estimate of drug-likeness (QED) is 0.774. The van der Waals surface area contributed by atoms with E-state index in [4.69, 9.17) is 4.74 Å². The molecule has 0 atom stereocenters. The number of aryl methyl sites for hydroxylation is 2. The number of aromatic nitrogens is 1. The zero-order chi connectivity index (χ0) is 21.1. The van der Waals surface area contributed by atoms with Crippen molar-refractivity contribution < 1.29 is 14.3 Å². The number of thiazole rings is 1. The number of ether oxygens (including phenoxy) is 1. The van der Waals surface area contributed by atoms with E-state index in [0.29, 0.717) is 30.6 Å². The summed E-state index contributed by atoms with van der Waals surface area (Å²) in [5, 5.41) is 3.40. The summed E-state index contributed by atoms with van der Waals surface area (Å²) in [5.74, 6) is 1.03. The van der Waals surface area contributed by atoms with Gasteiger partial charge in [0.1, 0.15) is 5.75 Å². The Morgan fingerprint density at radius 3 is 2.76 bits per heavy atom. The second-order valence-electron chi connectivity index (χ2n) is 8.09. The molecule has 1 aromatic heterocycles. The highest BCUT2D eigenvalue weighted by molar-refractivity contribution is 7.15. The third kappa shape index (κ3) is 5.35. The molecule has 2 heterocycles. The number of hydrogen-bond donors (Lipinski definition) is 1. The highest BCUT2D eigenvalue weighted by Gasteiger charge is 2.25. The minimum atomic E-state index is -0.234. The van der Waals surface area contributed by atoms with Gasteiger partial charge in [0, 0.05) is 24.3 Å². The predicted molar refractivity (Wildman–Crippen MR) is 115 cm³/mol. The SMILES string of the molecule is Cc1cc(C)c(C)c(OCC(=O)Nc2nc3c(s2)CN(C(=O)CC(C)C)CC3)c1. The summed E-state index contributed by atoms with van der Waals surface area (Å²) in [5.41, 5.74) is 4.27. The molecule has 1 N–H and O–H groups in total. The van der Waals surface area contributed by atoms with Crippen LogP contribution in [-0.2, 0) is 22.6 Å². The predicted octanol–water partition coefficient (Wildman–Crippen LogP) is 4.02. The van der Waals surface area contributed by atoms with Crippen molar-refractivity contribution in [3.05, 3.63) is 39.4 Å². The number of anilines is 1. The molecule has 2 amide bonds. The summed E-state index contributed by atoms with van der Waals surface area (Å²) in [7, 11) is 0. The molecule has 0 aliphatic carbocycles. The fourth-order valence-electron chi connectivity index (χ4n) is 3.39. The Morgan fingerprint density at radius 1 is 1.28 bits per heavy atom. The molecule has 0 saturated heterocycles. The maximum Gasteiger partial charge on any atom is 0.264 e. The summed E-state index contributed by atoms with van der Waals surface area (Å²) in [6, 6.07) is 4.04. The summed E-state index contributed by atoms with van der Waals surface area (Å²) in [6.07, 6.45) is 1.29. The van der Waals surface area contributed by atoms with Crippen LogP contribution in [0.5, 0.6) is 5.75 Å². The van der Waals surface area contributed by atoms with E-state index < -0.39 is 0 Å². The number of nitrogens with zero attached hydrogens (tertiary/aromatic N) is 2. The number of fused-ring (bicyclic) bond motifs is 1. The van der Waals surface area contributed by atoms with Gasteiger partial charge in [-0.2, -0.15) is 0 Å². The van der Waals surface area contributed by atoms with Crippen molar-refractivity contribution in [1.82, 2.24) is 9.88 Å². The third-order valence-electron chi connectivity index (χ3n) is 5.04. The van der Waals surface area contributed by atoms with Crippen LogP contribution in [0.4, 0.5) is 5.13 Å². The van der Waals surface area contributed by atoms with Crippen LogP contribution in [0.25, 0.3) is 0 Å². The van der Waals surface area contributed by atoms with Gasteiger partial charge in [-0.1, -0.05) is 31.3 Å². The van der Waals surface area contributed by atoms with Gasteiger partial charge in [0.05, 0.1) is 12.2 Å². The molecule has 3 rings (SSSR count). The first-order valence-electron chi connectivity index (χ1n) is 9.99. The molecule has 1 aliphatic rings. The molecule has 0 spiro atoms. The smallest absolute Gasteiger partial charge is 0.264 e. The molecule has 1 aliphatic heterocycles. The maximum atomic E-state index is 12.3. The van der Waals surface area contributed by atoms with E-state index in [2.05, 4.69) is 30.2 Å². The van der Waals surface area contributed by atoms with Crippen LogP contribution in [0.3, 0.4) is 0 Å². The standard InChI is InChI=1S/C22H29N3O3S/c1-13(2)8-21(27)25-7-6-17-19(11-25)29-22(23-17)24-20(26)12-28-18-10-14(3)9-15(4)16(18)5/h9-10,13H,6-8,11-12H2,1-5H3,(H,23,24,26). The van der Waals surface area contributed by atoms with Gasteiger partial charge in [0.2, 0.25) is 5.91 Å². The number of carbonyl (C=O) groups is 2. The summed E-state index contributed by atoms with van der Waals surface area (Å²) in [6.45, 7) is 11.3. The number of nitrogens with one attached hydrogen (secondary N) is 1. The van der Waals surface area contributed by atoms with Gasteiger partial charge in [-0.05, 0) is 49.4 Å². The second kappa shape index (κ2) is 8.95. The van der Waals surface area contributed by atoms with Crippen LogP contribution in [-0.4, -0.2) is 34.8 Å². The number of carbonyl (C=O) groups excluding carboxylic acids is 2. The fraction of sp³-hybridized carbons (Fsp3) is 0.500. The van der Waals surface area contributed by atoms with Gasteiger partial charge in [-0.25, -0.2) is 4.98 Å². The van der Waals surface area contributed by atoms with Gasteiger partial charge in [-0.3, -0.25) is 14.9 Å². The summed E-state index contributed by atoms with van der Waals surface area (Å²) < 4.78 is 5.73. The number of rotatable bonds is 6. The first-order chi connectivity index (χ1) is 13.7. The lowest BCUT2D eigenvalue weighted by Gasteiger charge is -2.26. The lowest BCUT2D eigenvalue weighted by Crippen LogP contribution is -2.36. The molecule has 2 aromatic rings. The topological polar surface area (TPSA) is 71.5 Å². The minimum Gasteiger partial charge on any atom is -0.483 e. The van der Waals surface area contributed by atoms with Crippen LogP contribution in [0.15, 0.2) is 12.1 Å². The summed E-state index contributed by atoms with van der Waals surface area (Å²) >= 11 is 1.44. The third-order valence-corrected chi connectivity index (χ3v) is 6.03. The van der Waals surface area contributed by atoms with E-state index in [9.17, 15) is 9.59 Å². The highest BCUT2D eigenvalue weighted by Crippen LogP contribution is 2.29. The molecule has 29 heavy (non-hydrogen) atoms. The van der Waals surface area contributed by atoms with Crippen molar-refractivity contribution in [2.75, 3.05) is 18.5 Å². The largest absolute Gasteiger partial charge is 0.483 e. The van der Waals surface area contributed by atoms with E-state index in [1.165, 1.54) is 11.3 Å². The molecular formula is C22H29N3O3S. The van der Waals surface area contributed by atoms with Crippen molar-refractivity contribution in [2.24, 2.45) is 5.92 Å². The first kappa shape index (κ1) is 21.3. The van der Waals surface area contributed by atoms with E-state index in [1.54, 1.807) is 0 Å². The van der Waals surface area contributed by atoms with E-state index in [0.717, 1.165) is 39.4 Å². The van der Waals surface area contributed by atoms with E-state index in [1.807, 2.05) is 31.7 Å². The average Bonchev–Trinajstić information content (AvgIpc) is 3.04. The molecule has 1 aromatic carbocycles. The van der Waals surface area contributed by atoms with Gasteiger partial charge in [0.15, 0.2) is 11.7 Å². The normalized spacial score (nSPS) is 13.4. The van der Waals surface area contributed by atoms with Crippen molar-refractivity contribution in [3.63, 3.8) is 0 Å². The molecule has 156 valence electrons. The molecule has 0 bridgehead atoms. The number of benzene rings is 1. The van der Waals surface area contributed by atoms with Gasteiger partial charge in [0.25, 0.3) is 5.91 Å². The zero-order valence-corrected chi connectivity index (χ0v) is 18.6. The lowest BCUT2D eigenvalue weighted by atomic mass is 10.1. The van der Waals surface area contributed by atoms with E-state index in [-0.39, 0.29) is 18.4 Å². The van der Waals surface area contributed by atoms with Crippen LogP contribution in [0.2, 0.25) is 0 Å². The minimum absolute atomic E-state index is 0.0625. The molecule has 0 unspecified atom stereocenters. The maximum absolute atomic E-state index is 12.3. The molecule has 7 heteroatoms. The molecule has 0 saturated carbocycles. The van der Waals surface area contributed by atoms with E-state index >= 15 is 0 Å². The Labute approximate surface area is 176 Å². The highest BCUT2D eigenvalue weighted by atomic mass is 32.1. The monoisotopic (exact) mass is 415 g/mol. The fourth-order valence-corrected chi connectivity index (χ4v) is 4.43. The van der Waals surface area contributed by atoms with Crippen LogP contribution in [0.1, 0.15) is 47.5 Å². The Balaban J connectivity index is 1.58. The van der Waals surface area contributed by atoms with Gasteiger partial charge < -0.3 is 9.64 Å². The molecule has 6 nitrogen and oxygen atoms in total. The Hall–Kier alpha value is -2.41. The molecular weight excluding hydrogens is 386 g/mol. The van der Waals surface area contributed by atoms with Crippen molar-refractivity contribution in [2.45, 2.75) is 54.0 Å². The first-order valence-corrected chi connectivity index (χ1v) is 10.8.